The zero-order valence-electron chi connectivity index (χ0n) is 20.4. The van der Waals surface area contributed by atoms with Crippen LogP contribution in [0.4, 0.5) is 0 Å². The third kappa shape index (κ3) is 35.0. The molecular weight excluding hydrogens is 464 g/mol. The van der Waals surface area contributed by atoms with E-state index in [0.29, 0.717) is 22.3 Å². The number of aliphatic hydroxyl groups is 4. The fourth-order valence-electron chi connectivity index (χ4n) is 1.26. The van der Waals surface area contributed by atoms with Crippen LogP contribution in [0.5, 0.6) is 0 Å². The minimum absolute atomic E-state index is 0. The van der Waals surface area contributed by atoms with Gasteiger partial charge in [-0.25, -0.2) is 0 Å². The molecule has 0 saturated heterocycles. The van der Waals surface area contributed by atoms with Crippen LogP contribution in [0.1, 0.15) is 53.4 Å². The number of rotatable bonds is 12. The molecule has 0 amide bonds. The summed E-state index contributed by atoms with van der Waals surface area (Å²) in [5, 5.41) is 32.9. The average molecular weight is 504 g/mol. The van der Waals surface area contributed by atoms with Gasteiger partial charge in [-0.05, 0) is 50.0 Å². The van der Waals surface area contributed by atoms with Gasteiger partial charge in [0.15, 0.2) is 23.1 Å². The van der Waals surface area contributed by atoms with E-state index in [4.69, 9.17) is 20.4 Å². The Bertz CT molecular complexity index is 539. The predicted octanol–water partition coefficient (Wildman–Crippen LogP) is 2.05. The van der Waals surface area contributed by atoms with E-state index in [1.54, 1.807) is 27.7 Å². The number of Topliss-reactive ketones (excluding diaryl/α,β-unsaturated/α-hetero) is 4. The number of allylic oxidation sites excluding steroid dienone is 4. The van der Waals surface area contributed by atoms with Crippen molar-refractivity contribution in [3.8, 4) is 0 Å². The van der Waals surface area contributed by atoms with Gasteiger partial charge in [-0.1, -0.05) is 26.3 Å². The van der Waals surface area contributed by atoms with Gasteiger partial charge in [0.1, 0.15) is 0 Å². The summed E-state index contributed by atoms with van der Waals surface area (Å²) in [6.45, 7) is 19.9. The molecule has 9 heteroatoms. The van der Waals surface area contributed by atoms with Gasteiger partial charge in [-0.2, -0.15) is 0 Å². The molecule has 33 heavy (non-hydrogen) atoms. The van der Waals surface area contributed by atoms with Gasteiger partial charge in [0, 0.05) is 47.4 Å². The van der Waals surface area contributed by atoms with Crippen LogP contribution in [-0.4, -0.2) is 70.0 Å². The molecule has 0 radical (unpaired) electrons. The van der Waals surface area contributed by atoms with Crippen LogP contribution in [0, 0.1) is 0 Å². The van der Waals surface area contributed by atoms with Gasteiger partial charge < -0.3 is 20.4 Å². The number of carbonyl (C=O) groups excluding carboxylic acids is 4. The van der Waals surface area contributed by atoms with E-state index < -0.39 is 0 Å². The molecule has 0 aromatic carbocycles. The Labute approximate surface area is 212 Å². The molecule has 0 spiro atoms. The first kappa shape index (κ1) is 41.4. The minimum Gasteiger partial charge on any atom is -0.396 e. The molecule has 0 heterocycles. The summed E-state index contributed by atoms with van der Waals surface area (Å²) in [4.78, 5) is 41.9. The SMILES string of the molecule is C=C(C)C(=O)CCO.C=C(C)C(=O)CCO.C=C(C)C(=O)CCO.C=C(C)C(=O)CCO.[Ti]. The molecule has 0 aliphatic carbocycles. The average Bonchev–Trinajstić information content (AvgIpc) is 2.70. The van der Waals surface area contributed by atoms with Crippen molar-refractivity contribution in [2.45, 2.75) is 53.4 Å². The van der Waals surface area contributed by atoms with Crippen LogP contribution in [-0.2, 0) is 40.9 Å². The zero-order chi connectivity index (χ0) is 26.3. The molecule has 4 N–H and O–H groups in total. The van der Waals surface area contributed by atoms with Gasteiger partial charge in [0.25, 0.3) is 0 Å². The minimum atomic E-state index is -0.0777. The van der Waals surface area contributed by atoms with Crippen molar-refractivity contribution >= 4 is 23.1 Å². The predicted molar refractivity (Wildman–Crippen MR) is 126 cm³/mol. The van der Waals surface area contributed by atoms with Crippen molar-refractivity contribution in [1.82, 2.24) is 0 Å². The Hall–Kier alpha value is -1.81. The van der Waals surface area contributed by atoms with Gasteiger partial charge in [-0.15, -0.1) is 0 Å². The van der Waals surface area contributed by atoms with Gasteiger partial charge in [0.2, 0.25) is 0 Å². The largest absolute Gasteiger partial charge is 0.396 e. The Morgan fingerprint density at radius 2 is 0.576 bits per heavy atom. The van der Waals surface area contributed by atoms with Gasteiger partial charge in [-0.3, -0.25) is 19.2 Å². The number of ketones is 4. The second kappa shape index (κ2) is 28.2. The zero-order valence-corrected chi connectivity index (χ0v) is 22.0. The fraction of sp³-hybridized carbons (Fsp3) is 0.500. The number of aliphatic hydroxyl groups excluding tert-OH is 4. The molecular formula is C24H40O8Ti. The molecule has 0 unspecified atom stereocenters. The second-order valence-electron chi connectivity index (χ2n) is 6.71. The molecule has 0 aliphatic heterocycles. The van der Waals surface area contributed by atoms with Crippen LogP contribution in [0.2, 0.25) is 0 Å². The van der Waals surface area contributed by atoms with E-state index in [1.165, 1.54) is 0 Å². The Morgan fingerprint density at radius 1 is 0.455 bits per heavy atom. The molecule has 0 rings (SSSR count). The molecule has 8 nitrogen and oxygen atoms in total. The van der Waals surface area contributed by atoms with E-state index in [2.05, 4.69) is 26.3 Å². The monoisotopic (exact) mass is 504 g/mol. The van der Waals surface area contributed by atoms with E-state index in [9.17, 15) is 19.2 Å². The molecule has 0 atom stereocenters. The maximum atomic E-state index is 10.5. The maximum Gasteiger partial charge on any atom is 0.160 e. The van der Waals surface area contributed by atoms with Crippen molar-refractivity contribution in [3.63, 3.8) is 0 Å². The number of hydrogen-bond donors (Lipinski definition) is 4. The first-order valence-electron chi connectivity index (χ1n) is 9.91. The molecule has 0 fully saturated rings. The molecule has 0 aromatic heterocycles. The summed E-state index contributed by atoms with van der Waals surface area (Å²) in [6, 6.07) is 0. The third-order valence-electron chi connectivity index (χ3n) is 3.26. The smallest absolute Gasteiger partial charge is 0.160 e. The van der Waals surface area contributed by atoms with E-state index in [-0.39, 0.29) is 97.0 Å². The normalized spacial score (nSPS) is 8.48. The summed E-state index contributed by atoms with van der Waals surface area (Å²) in [7, 11) is 0. The van der Waals surface area contributed by atoms with E-state index in [0.717, 1.165) is 0 Å². The molecule has 0 aromatic rings. The quantitative estimate of drug-likeness (QED) is 0.233. The first-order valence-corrected chi connectivity index (χ1v) is 9.91. The third-order valence-corrected chi connectivity index (χ3v) is 3.26. The summed E-state index contributed by atoms with van der Waals surface area (Å²) >= 11 is 0. The Kier molecular flexibility index (Phi) is 35.5. The fourth-order valence-corrected chi connectivity index (χ4v) is 1.26. The maximum absolute atomic E-state index is 10.5. The summed E-state index contributed by atoms with van der Waals surface area (Å²) in [6.07, 6.45) is 0.815. The van der Waals surface area contributed by atoms with Crippen LogP contribution in [0.25, 0.3) is 0 Å². The van der Waals surface area contributed by atoms with Gasteiger partial charge >= 0.3 is 0 Å². The van der Waals surface area contributed by atoms with Crippen molar-refractivity contribution in [1.29, 1.82) is 0 Å². The summed E-state index contributed by atoms with van der Waals surface area (Å²) in [5.74, 6) is -0.250. The van der Waals surface area contributed by atoms with Crippen molar-refractivity contribution in [2.75, 3.05) is 26.4 Å². The Balaban J connectivity index is -0.000000105. The van der Waals surface area contributed by atoms with Crippen LogP contribution in [0.15, 0.2) is 48.6 Å². The molecule has 0 saturated carbocycles. The van der Waals surface area contributed by atoms with Crippen LogP contribution >= 0.6 is 0 Å². The Morgan fingerprint density at radius 3 is 0.606 bits per heavy atom. The van der Waals surface area contributed by atoms with Gasteiger partial charge in [0.05, 0.1) is 26.4 Å². The standard InChI is InChI=1S/4C6H10O2.Ti/c4*1-5(2)6(8)3-4-7;/h4*7H,1,3-4H2,2H3;. The van der Waals surface area contributed by atoms with Crippen LogP contribution < -0.4 is 0 Å². The number of hydrogen-bond acceptors (Lipinski definition) is 8. The summed E-state index contributed by atoms with van der Waals surface area (Å²) in [5.41, 5.74) is 2.05. The molecule has 188 valence electrons. The molecule has 0 bridgehead atoms. The van der Waals surface area contributed by atoms with Crippen molar-refractivity contribution in [3.05, 3.63) is 48.6 Å². The summed E-state index contributed by atoms with van der Waals surface area (Å²) < 4.78 is 0. The van der Waals surface area contributed by atoms with Crippen molar-refractivity contribution < 1.29 is 61.3 Å². The molecule has 0 aliphatic rings. The van der Waals surface area contributed by atoms with E-state index >= 15 is 0 Å². The van der Waals surface area contributed by atoms with Crippen molar-refractivity contribution in [2.24, 2.45) is 0 Å². The topological polar surface area (TPSA) is 149 Å². The second-order valence-corrected chi connectivity index (χ2v) is 6.71. The first-order chi connectivity index (χ1) is 14.7. The number of carbonyl (C=O) groups is 4. The van der Waals surface area contributed by atoms with Crippen LogP contribution in [0.3, 0.4) is 0 Å². The van der Waals surface area contributed by atoms with E-state index in [1.807, 2.05) is 0 Å².